The van der Waals surface area contributed by atoms with Gasteiger partial charge < -0.3 is 5.11 Å². The average Bonchev–Trinajstić information content (AvgIpc) is 2.21. The highest BCUT2D eigenvalue weighted by atomic mass is 35.5. The topological polar surface area (TPSA) is 62.0 Å². The average molecular weight is 120 g/mol. The van der Waals surface area contributed by atoms with Gasteiger partial charge in [0.1, 0.15) is 0 Å². The van der Waals surface area contributed by atoms with Crippen LogP contribution in [0.1, 0.15) is 0 Å². The van der Waals surface area contributed by atoms with E-state index >= 15 is 0 Å². The van der Waals surface area contributed by atoms with E-state index in [1.54, 1.807) is 0 Å². The maximum Gasteiger partial charge on any atom is 0.374 e. The molecule has 0 aromatic rings. The van der Waals surface area contributed by atoms with E-state index in [9.17, 15) is 4.79 Å². The van der Waals surface area contributed by atoms with Gasteiger partial charge in [-0.15, -0.1) is 10.2 Å². The summed E-state index contributed by atoms with van der Waals surface area (Å²) in [5.74, 6) is -1.21. The molecular formula is C2HClN2O2. The molecule has 38 valence electrons. The molecule has 0 saturated carbocycles. The fraction of sp³-hybridized carbons (Fsp3) is 0.500. The van der Waals surface area contributed by atoms with E-state index in [0.29, 0.717) is 0 Å². The number of nitrogens with zero attached hydrogens (tertiary/aromatic N) is 2. The molecule has 0 saturated heterocycles. The van der Waals surface area contributed by atoms with Gasteiger partial charge in [-0.3, -0.25) is 0 Å². The zero-order valence-corrected chi connectivity index (χ0v) is 3.88. The van der Waals surface area contributed by atoms with Crippen LogP contribution in [0.15, 0.2) is 10.2 Å². The van der Waals surface area contributed by atoms with Crippen LogP contribution in [0.4, 0.5) is 0 Å². The Bertz CT molecular complexity index is 137. The number of hydrogen-bond donors (Lipinski definition) is 1. The Balaban J connectivity index is 2.58. The first kappa shape index (κ1) is 4.52. The molecule has 0 radical (unpaired) electrons. The molecule has 1 N–H and O–H groups in total. The first-order valence-corrected chi connectivity index (χ1v) is 1.89. The second-order valence-corrected chi connectivity index (χ2v) is 1.62. The summed E-state index contributed by atoms with van der Waals surface area (Å²) in [5, 5.41) is 12.4. The summed E-state index contributed by atoms with van der Waals surface area (Å²) in [7, 11) is 0. The summed E-state index contributed by atoms with van der Waals surface area (Å²) >= 11 is 5.05. The third kappa shape index (κ3) is 0.564. The molecule has 1 heterocycles. The maximum absolute atomic E-state index is 9.76. The highest BCUT2D eigenvalue weighted by Crippen LogP contribution is 2.32. The molecule has 5 heteroatoms. The number of alkyl halides is 1. The molecular weight excluding hydrogens is 119 g/mol. The number of hydrogen-bond acceptors (Lipinski definition) is 3. The number of carboxylic acid groups (broad SMARTS) is 1. The molecule has 0 unspecified atom stereocenters. The second kappa shape index (κ2) is 0.949. The molecule has 1 aliphatic rings. The van der Waals surface area contributed by atoms with Gasteiger partial charge in [-0.2, -0.15) is 0 Å². The normalized spacial score (nSPS) is 21.9. The minimum absolute atomic E-state index is 1.21. The molecule has 0 atom stereocenters. The van der Waals surface area contributed by atoms with Crippen molar-refractivity contribution in [1.82, 2.24) is 0 Å². The van der Waals surface area contributed by atoms with Gasteiger partial charge in [-0.05, 0) is 0 Å². The van der Waals surface area contributed by atoms with Crippen LogP contribution in [0, 0.1) is 0 Å². The van der Waals surface area contributed by atoms with Gasteiger partial charge in [0.2, 0.25) is 0 Å². The van der Waals surface area contributed by atoms with Crippen molar-refractivity contribution in [2.24, 2.45) is 10.2 Å². The molecule has 0 amide bonds. The summed E-state index contributed by atoms with van der Waals surface area (Å²) in [4.78, 5) is 9.76. The summed E-state index contributed by atoms with van der Waals surface area (Å²) in [6.45, 7) is 0. The number of aliphatic carboxylic acids is 1. The first-order chi connectivity index (χ1) is 3.15. The fourth-order valence-corrected chi connectivity index (χ4v) is 0.167. The van der Waals surface area contributed by atoms with E-state index in [4.69, 9.17) is 16.7 Å². The van der Waals surface area contributed by atoms with Crippen LogP contribution >= 0.6 is 11.6 Å². The lowest BCUT2D eigenvalue weighted by atomic mass is 10.6. The summed E-state index contributed by atoms with van der Waals surface area (Å²) in [6.07, 6.45) is 0. The Hall–Kier alpha value is -0.640. The molecule has 1 rings (SSSR count). The number of rotatable bonds is 1. The largest absolute Gasteiger partial charge is 0.477 e. The van der Waals surface area contributed by atoms with Gasteiger partial charge in [-0.25, -0.2) is 4.79 Å². The second-order valence-electron chi connectivity index (χ2n) is 1.09. The van der Waals surface area contributed by atoms with Gasteiger partial charge in [0, 0.05) is 0 Å². The van der Waals surface area contributed by atoms with E-state index in [1.165, 1.54) is 0 Å². The van der Waals surface area contributed by atoms with Crippen LogP contribution in [-0.2, 0) is 4.79 Å². The van der Waals surface area contributed by atoms with Crippen molar-refractivity contribution in [1.29, 1.82) is 0 Å². The fourth-order valence-electron chi connectivity index (χ4n) is 0.129. The maximum atomic E-state index is 9.76. The Labute approximate surface area is 43.8 Å². The lowest BCUT2D eigenvalue weighted by molar-refractivity contribution is -0.137. The molecule has 0 aromatic heterocycles. The summed E-state index contributed by atoms with van der Waals surface area (Å²) < 4.78 is 0. The van der Waals surface area contributed by atoms with Crippen LogP contribution in [-0.4, -0.2) is 16.2 Å². The van der Waals surface area contributed by atoms with E-state index in [1.807, 2.05) is 0 Å². The molecule has 0 fully saturated rings. The molecule has 0 bridgehead atoms. The van der Waals surface area contributed by atoms with Crippen molar-refractivity contribution in [2.45, 2.75) is 5.12 Å². The van der Waals surface area contributed by atoms with Gasteiger partial charge in [0.05, 0.1) is 0 Å². The van der Waals surface area contributed by atoms with E-state index in [-0.39, 0.29) is 0 Å². The highest BCUT2D eigenvalue weighted by Gasteiger charge is 2.46. The van der Waals surface area contributed by atoms with Gasteiger partial charge in [0.15, 0.2) is 0 Å². The SMILES string of the molecule is O=C(O)C1(Cl)N=N1. The van der Waals surface area contributed by atoms with E-state index in [0.717, 1.165) is 0 Å². The number of carbonyl (C=O) groups is 1. The molecule has 0 spiro atoms. The minimum atomic E-state index is -1.61. The van der Waals surface area contributed by atoms with Crippen molar-refractivity contribution in [2.75, 3.05) is 0 Å². The van der Waals surface area contributed by atoms with Gasteiger partial charge in [0.25, 0.3) is 0 Å². The van der Waals surface area contributed by atoms with Crippen LogP contribution in [0.2, 0.25) is 0 Å². The Morgan fingerprint density at radius 1 is 1.71 bits per heavy atom. The first-order valence-electron chi connectivity index (χ1n) is 1.51. The van der Waals surface area contributed by atoms with E-state index in [2.05, 4.69) is 10.2 Å². The van der Waals surface area contributed by atoms with Crippen LogP contribution < -0.4 is 0 Å². The zero-order valence-electron chi connectivity index (χ0n) is 3.13. The molecule has 7 heavy (non-hydrogen) atoms. The zero-order chi connectivity index (χ0) is 5.49. The quantitative estimate of drug-likeness (QED) is 0.403. The molecule has 0 aliphatic carbocycles. The van der Waals surface area contributed by atoms with Gasteiger partial charge in [-0.1, -0.05) is 11.6 Å². The third-order valence-corrected chi connectivity index (χ3v) is 0.861. The number of halogens is 1. The Morgan fingerprint density at radius 3 is 2.14 bits per heavy atom. The third-order valence-electron chi connectivity index (χ3n) is 0.548. The Morgan fingerprint density at radius 2 is 2.14 bits per heavy atom. The Kier molecular flexibility index (Phi) is 0.613. The van der Waals surface area contributed by atoms with Crippen molar-refractivity contribution in [3.8, 4) is 0 Å². The predicted octanol–water partition coefficient (Wildman–Crippen LogP) is 0.429. The van der Waals surface area contributed by atoms with Crippen LogP contribution in [0.25, 0.3) is 0 Å². The molecule has 0 aromatic carbocycles. The number of carboxylic acids is 1. The standard InChI is InChI=1S/C2HClN2O2/c3-2(1(6)7)4-5-2/h(H,6,7). The predicted molar refractivity (Wildman–Crippen MR) is 21.1 cm³/mol. The monoisotopic (exact) mass is 120 g/mol. The highest BCUT2D eigenvalue weighted by molar-refractivity contribution is 6.34. The molecule has 1 aliphatic heterocycles. The molecule has 4 nitrogen and oxygen atoms in total. The van der Waals surface area contributed by atoms with Gasteiger partial charge >= 0.3 is 11.1 Å². The summed E-state index contributed by atoms with van der Waals surface area (Å²) in [5.41, 5.74) is 0. The smallest absolute Gasteiger partial charge is 0.374 e. The lowest BCUT2D eigenvalue weighted by Gasteiger charge is -1.85. The lowest BCUT2D eigenvalue weighted by Crippen LogP contribution is -2.14. The summed E-state index contributed by atoms with van der Waals surface area (Å²) in [6, 6.07) is 0. The van der Waals surface area contributed by atoms with Crippen LogP contribution in [0.3, 0.4) is 0 Å². The van der Waals surface area contributed by atoms with Crippen LogP contribution in [0.5, 0.6) is 0 Å². The van der Waals surface area contributed by atoms with Crippen molar-refractivity contribution in [3.05, 3.63) is 0 Å². The minimum Gasteiger partial charge on any atom is -0.477 e. The van der Waals surface area contributed by atoms with Crippen molar-refractivity contribution < 1.29 is 9.90 Å². The van der Waals surface area contributed by atoms with Crippen molar-refractivity contribution >= 4 is 17.6 Å². The van der Waals surface area contributed by atoms with E-state index < -0.39 is 11.1 Å². The van der Waals surface area contributed by atoms with Crippen molar-refractivity contribution in [3.63, 3.8) is 0 Å².